The van der Waals surface area contributed by atoms with E-state index in [1.807, 2.05) is 63.2 Å². The molecule has 0 amide bonds. The molecule has 0 fully saturated rings. The monoisotopic (exact) mass is 410 g/mol. The zero-order valence-electron chi connectivity index (χ0n) is 14.1. The van der Waals surface area contributed by atoms with Gasteiger partial charge in [0.2, 0.25) is 0 Å². The van der Waals surface area contributed by atoms with Crippen LogP contribution in [0.5, 0.6) is 0 Å². The molecule has 1 atom stereocenters. The largest absolute Gasteiger partial charge is 0.104 e. The van der Waals surface area contributed by atoms with Crippen molar-refractivity contribution in [2.45, 2.75) is 0 Å². The Balaban J connectivity index is 0.00000109. The third-order valence-electron chi connectivity index (χ3n) is 4.26. The summed E-state index contributed by atoms with van der Waals surface area (Å²) in [6.45, 7) is 0. The van der Waals surface area contributed by atoms with Crippen LogP contribution in [-0.4, -0.2) is 13.5 Å². The fraction of sp³-hybridized carbons (Fsp3) is 0.100. The molecule has 132 valence electrons. The van der Waals surface area contributed by atoms with Crippen LogP contribution in [-0.2, 0) is 4.74 Å². The summed E-state index contributed by atoms with van der Waals surface area (Å²) in [4.78, 5) is 0. The molecular weight excluding hydrogens is 389 g/mol. The van der Waals surface area contributed by atoms with Gasteiger partial charge in [-0.2, -0.15) is 0 Å². The quantitative estimate of drug-likeness (QED) is 0.519. The second-order valence-corrected chi connectivity index (χ2v) is 12.0. The van der Waals surface area contributed by atoms with Crippen LogP contribution in [0.1, 0.15) is 0 Å². The second-order valence-electron chi connectivity index (χ2n) is 5.61. The smallest absolute Gasteiger partial charge is 0.0393 e. The first-order chi connectivity index (χ1) is 12.2. The Labute approximate surface area is 162 Å². The van der Waals surface area contributed by atoms with E-state index in [4.69, 9.17) is 16.0 Å². The zero-order chi connectivity index (χ0) is 18.2. The molecule has 3 aromatic rings. The number of halogens is 2. The molecule has 5 heteroatoms. The van der Waals surface area contributed by atoms with Crippen LogP contribution in [0, 0.1) is 0 Å². The Hall–Kier alpha value is -0.940. The maximum atomic E-state index is 7.68. The first-order valence-electron chi connectivity index (χ1n) is 7.80. The summed E-state index contributed by atoms with van der Waals surface area (Å²) in [5, 5.41) is 3.37. The molecule has 3 rings (SSSR count). The number of hydrogen-bond acceptors (Lipinski definition) is 1. The minimum Gasteiger partial charge on any atom is -0.104 e. The van der Waals surface area contributed by atoms with Gasteiger partial charge in [-0.1, -0.05) is 0 Å². The van der Waals surface area contributed by atoms with E-state index in [9.17, 15) is 0 Å². The van der Waals surface area contributed by atoms with Gasteiger partial charge in [0.25, 0.3) is 0 Å². The van der Waals surface area contributed by atoms with E-state index in [0.29, 0.717) is 6.35 Å². The Morgan fingerprint density at radius 2 is 0.960 bits per heavy atom. The van der Waals surface area contributed by atoms with Gasteiger partial charge in [0.1, 0.15) is 0 Å². The predicted octanol–water partition coefficient (Wildman–Crippen LogP) is 5.29. The van der Waals surface area contributed by atoms with Crippen LogP contribution >= 0.6 is 37.0 Å². The van der Waals surface area contributed by atoms with E-state index >= 15 is 0 Å². The van der Waals surface area contributed by atoms with Crippen molar-refractivity contribution in [1.29, 1.82) is 0 Å². The van der Waals surface area contributed by atoms with Crippen LogP contribution in [0.15, 0.2) is 91.0 Å². The third kappa shape index (κ3) is 3.77. The van der Waals surface area contributed by atoms with Crippen LogP contribution in [0.4, 0.5) is 0 Å². The van der Waals surface area contributed by atoms with Crippen molar-refractivity contribution in [2.24, 2.45) is 0 Å². The average Bonchev–Trinajstić information content (AvgIpc) is 2.72. The van der Waals surface area contributed by atoms with E-state index in [-0.39, 0.29) is 0 Å². The molecule has 0 saturated heterocycles. The molecule has 0 radical (unpaired) electrons. The van der Waals surface area contributed by atoms with Crippen molar-refractivity contribution in [3.8, 4) is 0 Å². The first kappa shape index (κ1) is 20.4. The minimum atomic E-state index is -3.18. The zero-order valence-corrected chi connectivity index (χ0v) is 17.6. The van der Waals surface area contributed by atoms with Gasteiger partial charge in [-0.05, 0) is 8.59 Å². The summed E-state index contributed by atoms with van der Waals surface area (Å²) in [7, 11) is 3.61. The maximum Gasteiger partial charge on any atom is -0.0393 e. The molecule has 1 unspecified atom stereocenters. The predicted molar refractivity (Wildman–Crippen MR) is 118 cm³/mol. The fourth-order valence-electron chi connectivity index (χ4n) is 3.13. The normalized spacial score (nSPS) is 12.4. The number of hydrogen-bond donors (Lipinski definition) is 0. The standard InChI is InChI=1S/C20H20ClOP.ClH2P/c1-22-17-23(21,18-11-5-2-6-12-18,19-13-7-3-8-14-19)20-15-9-4-10-16-20;1-2/h2-16H,17H2,1H3;2H2. The molecule has 25 heavy (non-hydrogen) atoms. The molecule has 0 saturated carbocycles. The molecule has 0 aliphatic rings. The Kier molecular flexibility index (Phi) is 7.44. The van der Waals surface area contributed by atoms with E-state index in [1.165, 1.54) is 0 Å². The van der Waals surface area contributed by atoms with Crippen molar-refractivity contribution in [1.82, 2.24) is 0 Å². The minimum absolute atomic E-state index is 0.463. The molecule has 0 N–H and O–H groups in total. The van der Waals surface area contributed by atoms with Crippen molar-refractivity contribution >= 4 is 52.9 Å². The Bertz CT molecular complexity index is 668. The topological polar surface area (TPSA) is 9.23 Å². The molecule has 0 aromatic heterocycles. The fourth-order valence-corrected chi connectivity index (χ4v) is 8.64. The molecule has 0 aliphatic heterocycles. The van der Waals surface area contributed by atoms with Gasteiger partial charge < -0.3 is 0 Å². The summed E-state index contributed by atoms with van der Waals surface area (Å²) in [5.74, 6) is -3.18. The van der Waals surface area contributed by atoms with Gasteiger partial charge in [0.05, 0.1) is 0 Å². The molecule has 3 aromatic carbocycles. The molecule has 0 bridgehead atoms. The van der Waals surface area contributed by atoms with Crippen LogP contribution in [0.3, 0.4) is 0 Å². The van der Waals surface area contributed by atoms with Gasteiger partial charge in [0, 0.05) is 0 Å². The Morgan fingerprint density at radius 1 is 0.680 bits per heavy atom. The molecule has 0 spiro atoms. The Morgan fingerprint density at radius 3 is 1.20 bits per heavy atom. The first-order valence-corrected chi connectivity index (χ1v) is 12.9. The number of ether oxygens (including phenoxy) is 1. The summed E-state index contributed by atoms with van der Waals surface area (Å²) < 4.78 is 5.70. The van der Waals surface area contributed by atoms with E-state index in [2.05, 4.69) is 47.6 Å². The third-order valence-corrected chi connectivity index (χ3v) is 11.2. The molecule has 0 aliphatic carbocycles. The van der Waals surface area contributed by atoms with Gasteiger partial charge in [-0.25, -0.2) is 0 Å². The van der Waals surface area contributed by atoms with Crippen molar-refractivity contribution in [2.75, 3.05) is 13.5 Å². The van der Waals surface area contributed by atoms with Gasteiger partial charge in [-0.3, -0.25) is 0 Å². The second kappa shape index (κ2) is 9.13. The number of methoxy groups -OCH3 is 1. The SMILES string of the molecule is COCP(Cl)(c1ccccc1)(c1ccccc1)c1ccccc1.PCl. The summed E-state index contributed by atoms with van der Waals surface area (Å²) in [6.07, 6.45) is 0.463. The van der Waals surface area contributed by atoms with Crippen LogP contribution in [0.2, 0.25) is 0 Å². The van der Waals surface area contributed by atoms with E-state index in [1.54, 1.807) is 7.11 Å². The molecule has 0 heterocycles. The van der Waals surface area contributed by atoms with Crippen molar-refractivity contribution in [3.05, 3.63) is 91.0 Å². The van der Waals surface area contributed by atoms with Crippen molar-refractivity contribution < 1.29 is 4.74 Å². The van der Waals surface area contributed by atoms with E-state index < -0.39 is 5.96 Å². The van der Waals surface area contributed by atoms with Gasteiger partial charge in [-0.15, -0.1) is 11.2 Å². The molecule has 1 nitrogen and oxygen atoms in total. The number of rotatable bonds is 5. The average molecular weight is 411 g/mol. The number of benzene rings is 3. The molecular formula is C20H22Cl2OP2. The van der Waals surface area contributed by atoms with E-state index in [0.717, 1.165) is 15.9 Å². The summed E-state index contributed by atoms with van der Waals surface area (Å²) >= 11 is 12.2. The maximum absolute atomic E-state index is 7.68. The summed E-state index contributed by atoms with van der Waals surface area (Å²) in [6, 6.07) is 31.0. The van der Waals surface area contributed by atoms with Crippen LogP contribution in [0.25, 0.3) is 0 Å². The van der Waals surface area contributed by atoms with Crippen molar-refractivity contribution in [3.63, 3.8) is 0 Å². The summed E-state index contributed by atoms with van der Waals surface area (Å²) in [5.41, 5.74) is 0. The van der Waals surface area contributed by atoms with Gasteiger partial charge >= 0.3 is 142 Å². The van der Waals surface area contributed by atoms with Crippen LogP contribution < -0.4 is 15.9 Å². The van der Waals surface area contributed by atoms with Gasteiger partial charge in [0.15, 0.2) is 0 Å².